The van der Waals surface area contributed by atoms with E-state index >= 15 is 4.39 Å². The van der Waals surface area contributed by atoms with E-state index in [0.29, 0.717) is 17.7 Å². The van der Waals surface area contributed by atoms with Crippen LogP contribution in [-0.4, -0.2) is 48.7 Å². The van der Waals surface area contributed by atoms with E-state index in [0.717, 1.165) is 11.1 Å². The first-order valence-electron chi connectivity index (χ1n) is 12.5. The number of rotatable bonds is 2. The summed E-state index contributed by atoms with van der Waals surface area (Å²) in [5, 5.41) is 0. The van der Waals surface area contributed by atoms with Crippen LogP contribution in [0.3, 0.4) is 0 Å². The van der Waals surface area contributed by atoms with Crippen LogP contribution in [0.5, 0.6) is 5.75 Å². The van der Waals surface area contributed by atoms with Crippen molar-refractivity contribution in [2.24, 2.45) is 0 Å². The molecule has 0 amide bonds. The third-order valence-corrected chi connectivity index (χ3v) is 6.30. The smallest absolute Gasteiger partial charge is 0.342 e. The molecule has 1 unspecified atom stereocenters. The number of benzene rings is 2. The number of fused-ring (bicyclic) bond motifs is 2. The molecular weight excluding hydrogens is 479 g/mol. The van der Waals surface area contributed by atoms with Crippen molar-refractivity contribution < 1.29 is 37.7 Å². The molecule has 2 aromatic rings. The van der Waals surface area contributed by atoms with E-state index < -0.39 is 48.0 Å². The predicted molar refractivity (Wildman–Crippen MR) is 134 cm³/mol. The Kier molecular flexibility index (Phi) is 7.99. The topological polar surface area (TPSA) is 80.3 Å². The highest BCUT2D eigenvalue weighted by atomic mass is 19.1. The molecule has 1 fully saturated rings. The van der Waals surface area contributed by atoms with Crippen molar-refractivity contribution in [3.63, 3.8) is 0 Å². The van der Waals surface area contributed by atoms with Gasteiger partial charge in [0.1, 0.15) is 29.3 Å². The van der Waals surface area contributed by atoms with Crippen molar-refractivity contribution in [3.05, 3.63) is 76.6 Å². The number of cyclic esters (lactones) is 1. The summed E-state index contributed by atoms with van der Waals surface area (Å²) in [7, 11) is 0. The third kappa shape index (κ3) is 6.37. The number of carbonyl (C=O) groups is 2. The fourth-order valence-corrected chi connectivity index (χ4v) is 4.65. The maximum absolute atomic E-state index is 15.7. The average molecular weight is 513 g/mol. The van der Waals surface area contributed by atoms with Gasteiger partial charge in [0.15, 0.2) is 11.9 Å². The molecule has 0 radical (unpaired) electrons. The zero-order valence-electron chi connectivity index (χ0n) is 21.8. The highest BCUT2D eigenvalue weighted by Gasteiger charge is 2.48. The first kappa shape index (κ1) is 26.8. The first-order chi connectivity index (χ1) is 17.5. The summed E-state index contributed by atoms with van der Waals surface area (Å²) in [5.41, 5.74) is 2.30. The SMILES string of the molecule is Cc1cc(C)c2c(c1)OCC[C@@H]1OC(C)(C)O[C@@H]1C(OC(=O)c1ccccc1)/C(F)=C\C[C@H](C)OC2=O. The summed E-state index contributed by atoms with van der Waals surface area (Å²) in [4.78, 5) is 25.9. The molecule has 198 valence electrons. The van der Waals surface area contributed by atoms with Gasteiger partial charge in [-0.3, -0.25) is 0 Å². The molecule has 0 bridgehead atoms. The molecule has 2 aliphatic rings. The van der Waals surface area contributed by atoms with E-state index in [1.807, 2.05) is 19.9 Å². The van der Waals surface area contributed by atoms with Gasteiger partial charge in [-0.05, 0) is 70.0 Å². The Balaban J connectivity index is 1.68. The van der Waals surface area contributed by atoms with Gasteiger partial charge in [-0.25, -0.2) is 14.0 Å². The van der Waals surface area contributed by atoms with E-state index in [-0.39, 0.29) is 18.6 Å². The molecule has 0 spiro atoms. The minimum absolute atomic E-state index is 0.0691. The van der Waals surface area contributed by atoms with Crippen molar-refractivity contribution >= 4 is 11.9 Å². The molecule has 0 aromatic heterocycles. The van der Waals surface area contributed by atoms with Gasteiger partial charge in [-0.2, -0.15) is 0 Å². The lowest BCUT2D eigenvalue weighted by molar-refractivity contribution is -0.154. The van der Waals surface area contributed by atoms with Crippen LogP contribution in [-0.2, 0) is 18.9 Å². The van der Waals surface area contributed by atoms with Crippen LogP contribution in [0.2, 0.25) is 0 Å². The Morgan fingerprint density at radius 1 is 1.11 bits per heavy atom. The highest BCUT2D eigenvalue weighted by molar-refractivity contribution is 5.94. The fourth-order valence-electron chi connectivity index (χ4n) is 4.65. The van der Waals surface area contributed by atoms with Gasteiger partial charge in [0.25, 0.3) is 0 Å². The van der Waals surface area contributed by atoms with Crippen LogP contribution in [0, 0.1) is 13.8 Å². The van der Waals surface area contributed by atoms with Gasteiger partial charge in [-0.1, -0.05) is 24.3 Å². The zero-order chi connectivity index (χ0) is 26.7. The van der Waals surface area contributed by atoms with Crippen molar-refractivity contribution in [1.82, 2.24) is 0 Å². The minimum atomic E-state index is -1.36. The first-order valence-corrected chi connectivity index (χ1v) is 12.5. The van der Waals surface area contributed by atoms with E-state index in [1.165, 1.54) is 6.08 Å². The van der Waals surface area contributed by atoms with Gasteiger partial charge in [0.05, 0.1) is 18.3 Å². The van der Waals surface area contributed by atoms with E-state index in [1.54, 1.807) is 57.2 Å². The zero-order valence-corrected chi connectivity index (χ0v) is 21.8. The lowest BCUT2D eigenvalue weighted by atomic mass is 10.0. The summed E-state index contributed by atoms with van der Waals surface area (Å²) in [6.07, 6.45) is -1.91. The second kappa shape index (κ2) is 11.0. The molecule has 4 rings (SSSR count). The number of hydrogen-bond acceptors (Lipinski definition) is 7. The largest absolute Gasteiger partial charge is 0.493 e. The maximum Gasteiger partial charge on any atom is 0.342 e. The number of ether oxygens (including phenoxy) is 5. The minimum Gasteiger partial charge on any atom is -0.493 e. The van der Waals surface area contributed by atoms with Crippen LogP contribution >= 0.6 is 0 Å². The number of halogens is 1. The van der Waals surface area contributed by atoms with Crippen molar-refractivity contribution in [1.29, 1.82) is 0 Å². The van der Waals surface area contributed by atoms with Crippen molar-refractivity contribution in [2.75, 3.05) is 6.61 Å². The van der Waals surface area contributed by atoms with Crippen LogP contribution < -0.4 is 4.74 Å². The molecular formula is C29H33FO7. The van der Waals surface area contributed by atoms with Crippen LogP contribution in [0.1, 0.15) is 65.5 Å². The molecule has 37 heavy (non-hydrogen) atoms. The van der Waals surface area contributed by atoms with Gasteiger partial charge >= 0.3 is 11.9 Å². The highest BCUT2D eigenvalue weighted by Crippen LogP contribution is 2.36. The van der Waals surface area contributed by atoms with Gasteiger partial charge in [0.2, 0.25) is 0 Å². The van der Waals surface area contributed by atoms with Crippen LogP contribution in [0.4, 0.5) is 4.39 Å². The Morgan fingerprint density at radius 3 is 2.57 bits per heavy atom. The third-order valence-electron chi connectivity index (χ3n) is 6.30. The molecule has 7 nitrogen and oxygen atoms in total. The van der Waals surface area contributed by atoms with Crippen molar-refractivity contribution in [3.8, 4) is 5.75 Å². The van der Waals surface area contributed by atoms with E-state index in [9.17, 15) is 9.59 Å². The van der Waals surface area contributed by atoms with Crippen LogP contribution in [0.25, 0.3) is 0 Å². The fraction of sp³-hybridized carbons (Fsp3) is 0.448. The summed E-state index contributed by atoms with van der Waals surface area (Å²) in [6, 6.07) is 12.0. The predicted octanol–water partition coefficient (Wildman–Crippen LogP) is 5.62. The Labute approximate surface area is 216 Å². The average Bonchev–Trinajstić information content (AvgIpc) is 3.14. The Bertz CT molecular complexity index is 1170. The standard InChI is InChI=1S/C29H33FO7/c1-17-15-18(2)24-23(16-17)33-14-13-22-26(37-29(4,5)36-22)25(21(30)12-11-19(3)34-28(24)32)35-27(31)20-9-7-6-8-10-20/h6-10,12,15-16,19,22,25-26H,11,13-14H2,1-5H3/b21-12+/t19-,22-,25?,26-/m0/s1. The Morgan fingerprint density at radius 2 is 1.84 bits per heavy atom. The summed E-state index contributed by atoms with van der Waals surface area (Å²) in [6.45, 7) is 9.02. The quantitative estimate of drug-likeness (QED) is 0.483. The number of aryl methyl sites for hydroxylation is 2. The Hall–Kier alpha value is -3.23. The summed E-state index contributed by atoms with van der Waals surface area (Å²) >= 11 is 0. The maximum atomic E-state index is 15.7. The van der Waals surface area contributed by atoms with Crippen LogP contribution in [0.15, 0.2) is 54.4 Å². The molecule has 2 aliphatic heterocycles. The summed E-state index contributed by atoms with van der Waals surface area (Å²) in [5.74, 6) is -2.54. The second-order valence-electron chi connectivity index (χ2n) is 9.96. The normalized spacial score (nSPS) is 27.4. The van der Waals surface area contributed by atoms with Crippen molar-refractivity contribution in [2.45, 2.75) is 77.7 Å². The molecule has 8 heteroatoms. The monoisotopic (exact) mass is 512 g/mol. The molecule has 0 saturated carbocycles. The molecule has 1 saturated heterocycles. The summed E-state index contributed by atoms with van der Waals surface area (Å²) < 4.78 is 45.1. The lowest BCUT2D eigenvalue weighted by Gasteiger charge is -2.26. The molecule has 0 aliphatic carbocycles. The second-order valence-corrected chi connectivity index (χ2v) is 9.96. The lowest BCUT2D eigenvalue weighted by Crippen LogP contribution is -2.40. The number of carbonyl (C=O) groups excluding carboxylic acids is 2. The van der Waals surface area contributed by atoms with E-state index in [2.05, 4.69) is 0 Å². The molecule has 4 atom stereocenters. The number of esters is 2. The number of hydrogen-bond donors (Lipinski definition) is 0. The van der Waals surface area contributed by atoms with Gasteiger partial charge in [0, 0.05) is 12.8 Å². The molecule has 2 heterocycles. The molecule has 2 aromatic carbocycles. The van der Waals surface area contributed by atoms with Gasteiger partial charge in [-0.15, -0.1) is 0 Å². The van der Waals surface area contributed by atoms with E-state index in [4.69, 9.17) is 23.7 Å². The van der Waals surface area contributed by atoms with Gasteiger partial charge < -0.3 is 23.7 Å². The molecule has 0 N–H and O–H groups in total.